The van der Waals surface area contributed by atoms with Crippen molar-refractivity contribution in [1.29, 1.82) is 0 Å². The molecular weight excluding hydrogens is 659 g/mol. The minimum absolute atomic E-state index is 0.0306. The van der Waals surface area contributed by atoms with Crippen LogP contribution in [-0.2, 0) is 5.41 Å². The van der Waals surface area contributed by atoms with E-state index in [4.69, 9.17) is 0 Å². The van der Waals surface area contributed by atoms with E-state index in [0.717, 1.165) is 17.1 Å². The van der Waals surface area contributed by atoms with Gasteiger partial charge in [-0.1, -0.05) is 153 Å². The van der Waals surface area contributed by atoms with E-state index in [1.807, 2.05) is 11.3 Å². The molecule has 0 fully saturated rings. The van der Waals surface area contributed by atoms with Gasteiger partial charge in [-0.3, -0.25) is 0 Å². The molecule has 1 aliphatic carbocycles. The highest BCUT2D eigenvalue weighted by atomic mass is 32.1. The number of para-hydroxylation sites is 1. The Labute approximate surface area is 315 Å². The van der Waals surface area contributed by atoms with Crippen LogP contribution >= 0.6 is 11.3 Å². The predicted molar refractivity (Wildman–Crippen MR) is 228 cm³/mol. The molecular formula is C51H37NS. The molecule has 0 radical (unpaired) electrons. The van der Waals surface area contributed by atoms with E-state index >= 15 is 0 Å². The summed E-state index contributed by atoms with van der Waals surface area (Å²) in [6.45, 7) is 4.69. The fraction of sp³-hybridized carbons (Fsp3) is 0.0588. The van der Waals surface area contributed by atoms with Gasteiger partial charge in [-0.15, -0.1) is 11.3 Å². The summed E-state index contributed by atoms with van der Waals surface area (Å²) in [5, 5.41) is 2.66. The first-order valence-corrected chi connectivity index (χ1v) is 19.2. The fourth-order valence-corrected chi connectivity index (χ4v) is 9.54. The minimum atomic E-state index is -0.0306. The summed E-state index contributed by atoms with van der Waals surface area (Å²) < 4.78 is 2.65. The molecule has 252 valence electrons. The number of nitrogens with zero attached hydrogens (tertiary/aromatic N) is 1. The maximum Gasteiger partial charge on any atom is 0.0540 e. The maximum atomic E-state index is 2.42. The maximum absolute atomic E-state index is 2.42. The summed E-state index contributed by atoms with van der Waals surface area (Å²) in [6, 6.07) is 69.1. The Kier molecular flexibility index (Phi) is 7.42. The number of rotatable bonds is 6. The van der Waals surface area contributed by atoms with E-state index in [2.05, 4.69) is 207 Å². The predicted octanol–water partition coefficient (Wildman–Crippen LogP) is 14.8. The van der Waals surface area contributed by atoms with Crippen LogP contribution in [0.25, 0.3) is 64.7 Å². The Hall–Kier alpha value is -6.22. The third kappa shape index (κ3) is 5.29. The Bertz CT molecular complexity index is 2810. The lowest BCUT2D eigenvalue weighted by Gasteiger charge is -2.29. The molecule has 0 saturated heterocycles. The third-order valence-electron chi connectivity index (χ3n) is 11.1. The van der Waals surface area contributed by atoms with Crippen molar-refractivity contribution in [1.82, 2.24) is 0 Å². The van der Waals surface area contributed by atoms with Crippen molar-refractivity contribution in [3.8, 4) is 44.5 Å². The van der Waals surface area contributed by atoms with Gasteiger partial charge in [0, 0.05) is 42.5 Å². The van der Waals surface area contributed by atoms with Crippen LogP contribution in [0.5, 0.6) is 0 Å². The molecule has 0 unspecified atom stereocenters. The largest absolute Gasteiger partial charge is 0.310 e. The van der Waals surface area contributed by atoms with Crippen molar-refractivity contribution in [3.05, 3.63) is 199 Å². The number of benzene rings is 8. The molecule has 9 aromatic rings. The molecule has 0 amide bonds. The zero-order chi connectivity index (χ0) is 35.5. The SMILES string of the molecule is CC1(C)c2ccccc2-c2cc(-c3ccccc3N(c3ccc(-c4ccc5c(c4)sc4ccccc45)cc3)c3cccc(-c4ccccc4)c3)ccc21. The van der Waals surface area contributed by atoms with Crippen LogP contribution in [0.2, 0.25) is 0 Å². The zero-order valence-electron chi connectivity index (χ0n) is 29.8. The van der Waals surface area contributed by atoms with E-state index in [-0.39, 0.29) is 5.41 Å². The molecule has 0 saturated carbocycles. The van der Waals surface area contributed by atoms with Crippen LogP contribution in [0.15, 0.2) is 188 Å². The topological polar surface area (TPSA) is 3.24 Å². The lowest BCUT2D eigenvalue weighted by molar-refractivity contribution is 0.660. The quantitative estimate of drug-likeness (QED) is 0.167. The normalized spacial score (nSPS) is 12.9. The van der Waals surface area contributed by atoms with Gasteiger partial charge in [0.25, 0.3) is 0 Å². The van der Waals surface area contributed by atoms with Crippen LogP contribution in [0.4, 0.5) is 17.1 Å². The molecule has 53 heavy (non-hydrogen) atoms. The molecule has 1 nitrogen and oxygen atoms in total. The van der Waals surface area contributed by atoms with Gasteiger partial charge in [-0.05, 0) is 98.6 Å². The van der Waals surface area contributed by atoms with E-state index in [9.17, 15) is 0 Å². The minimum Gasteiger partial charge on any atom is -0.310 e. The molecule has 2 heteroatoms. The molecule has 10 rings (SSSR count). The molecule has 0 atom stereocenters. The van der Waals surface area contributed by atoms with Crippen molar-refractivity contribution < 1.29 is 0 Å². The molecule has 0 spiro atoms. The second-order valence-electron chi connectivity index (χ2n) is 14.6. The summed E-state index contributed by atoms with van der Waals surface area (Å²) in [6.07, 6.45) is 0. The average Bonchev–Trinajstić information content (AvgIpc) is 3.70. The lowest BCUT2D eigenvalue weighted by Crippen LogP contribution is -2.14. The Morgan fingerprint density at radius 2 is 1.00 bits per heavy atom. The lowest BCUT2D eigenvalue weighted by atomic mass is 9.82. The van der Waals surface area contributed by atoms with Crippen molar-refractivity contribution in [2.24, 2.45) is 0 Å². The first-order chi connectivity index (χ1) is 26.0. The van der Waals surface area contributed by atoms with Gasteiger partial charge >= 0.3 is 0 Å². The van der Waals surface area contributed by atoms with Crippen LogP contribution in [-0.4, -0.2) is 0 Å². The van der Waals surface area contributed by atoms with Crippen LogP contribution < -0.4 is 4.90 Å². The highest BCUT2D eigenvalue weighted by molar-refractivity contribution is 7.25. The highest BCUT2D eigenvalue weighted by Gasteiger charge is 2.35. The summed E-state index contributed by atoms with van der Waals surface area (Å²) in [5.41, 5.74) is 16.0. The van der Waals surface area contributed by atoms with Gasteiger partial charge in [0.15, 0.2) is 0 Å². The standard InChI is InChI=1S/C51H37NS/c1-51(2)46-20-9-6-18-42(46)45-32-38(26-30-47(45)51)41-17-7-10-21-48(41)52(40-16-12-15-36(31-40)34-13-4-3-5-14-34)39-27-23-35(24-28-39)37-25-29-44-43-19-8-11-22-49(43)53-50(44)33-37/h3-33H,1-2H3. The highest BCUT2D eigenvalue weighted by Crippen LogP contribution is 2.51. The monoisotopic (exact) mass is 695 g/mol. The summed E-state index contributed by atoms with van der Waals surface area (Å²) in [5.74, 6) is 0. The van der Waals surface area contributed by atoms with Gasteiger partial charge < -0.3 is 4.90 Å². The first kappa shape index (κ1) is 31.5. The number of fused-ring (bicyclic) bond motifs is 6. The van der Waals surface area contributed by atoms with Gasteiger partial charge in [0.1, 0.15) is 0 Å². The van der Waals surface area contributed by atoms with E-state index in [1.54, 1.807) is 0 Å². The molecule has 1 aromatic heterocycles. The Balaban J connectivity index is 1.11. The molecule has 0 N–H and O–H groups in total. The molecule has 8 aromatic carbocycles. The Morgan fingerprint density at radius 3 is 1.87 bits per heavy atom. The molecule has 0 aliphatic heterocycles. The Morgan fingerprint density at radius 1 is 0.377 bits per heavy atom. The van der Waals surface area contributed by atoms with E-state index < -0.39 is 0 Å². The smallest absolute Gasteiger partial charge is 0.0540 e. The number of anilines is 3. The second kappa shape index (κ2) is 12.5. The molecule has 1 heterocycles. The van der Waals surface area contributed by atoms with Crippen molar-refractivity contribution in [2.45, 2.75) is 19.3 Å². The van der Waals surface area contributed by atoms with Crippen LogP contribution in [0.3, 0.4) is 0 Å². The van der Waals surface area contributed by atoms with Gasteiger partial charge in [0.05, 0.1) is 5.69 Å². The first-order valence-electron chi connectivity index (χ1n) is 18.3. The van der Waals surface area contributed by atoms with Crippen molar-refractivity contribution in [3.63, 3.8) is 0 Å². The van der Waals surface area contributed by atoms with Crippen molar-refractivity contribution >= 4 is 48.6 Å². The van der Waals surface area contributed by atoms with Gasteiger partial charge in [0.2, 0.25) is 0 Å². The van der Waals surface area contributed by atoms with Crippen molar-refractivity contribution in [2.75, 3.05) is 4.90 Å². The van der Waals surface area contributed by atoms with Gasteiger partial charge in [-0.25, -0.2) is 0 Å². The number of hydrogen-bond donors (Lipinski definition) is 0. The number of thiophene rings is 1. The van der Waals surface area contributed by atoms with Gasteiger partial charge in [-0.2, -0.15) is 0 Å². The number of hydrogen-bond acceptors (Lipinski definition) is 2. The van der Waals surface area contributed by atoms with Crippen LogP contribution in [0.1, 0.15) is 25.0 Å². The third-order valence-corrected chi connectivity index (χ3v) is 12.2. The zero-order valence-corrected chi connectivity index (χ0v) is 30.6. The van der Waals surface area contributed by atoms with E-state index in [0.29, 0.717) is 0 Å². The van der Waals surface area contributed by atoms with E-state index in [1.165, 1.54) is 75.8 Å². The average molecular weight is 696 g/mol. The molecule has 1 aliphatic rings. The second-order valence-corrected chi connectivity index (χ2v) is 15.6. The summed E-state index contributed by atoms with van der Waals surface area (Å²) in [7, 11) is 0. The van der Waals surface area contributed by atoms with Crippen LogP contribution in [0, 0.1) is 0 Å². The fourth-order valence-electron chi connectivity index (χ4n) is 8.39. The molecule has 0 bridgehead atoms. The summed E-state index contributed by atoms with van der Waals surface area (Å²) in [4.78, 5) is 2.42. The summed E-state index contributed by atoms with van der Waals surface area (Å²) >= 11 is 1.87.